The fourth-order valence-corrected chi connectivity index (χ4v) is 9.34. The van der Waals surface area contributed by atoms with Crippen LogP contribution in [0.1, 0.15) is 83.3 Å². The largest absolute Gasteiger partial charge is 0.456 e. The monoisotopic (exact) mass is 672 g/mol. The van der Waals surface area contributed by atoms with Crippen LogP contribution in [0.3, 0.4) is 0 Å². The fourth-order valence-electron chi connectivity index (χ4n) is 8.51. The summed E-state index contributed by atoms with van der Waals surface area (Å²) in [5.74, 6) is -6.64. The number of alkyl halides is 5. The quantitative estimate of drug-likeness (QED) is 0.203. The van der Waals surface area contributed by atoms with E-state index in [0.717, 1.165) is 33.4 Å². The number of benzene rings is 1. The Bertz CT molecular complexity index is 1450. The molecule has 3 unspecified atom stereocenters. The lowest BCUT2D eigenvalue weighted by Gasteiger charge is -2.55. The molecule has 0 amide bonds. The number of rotatable bonds is 10. The van der Waals surface area contributed by atoms with Gasteiger partial charge >= 0.3 is 12.1 Å². The van der Waals surface area contributed by atoms with E-state index in [2.05, 4.69) is 18.1 Å². The molecule has 1 N–H and O–H groups in total. The average molecular weight is 673 g/mol. The van der Waals surface area contributed by atoms with Gasteiger partial charge in [0, 0.05) is 44.1 Å². The molecule has 11 heteroatoms. The first-order chi connectivity index (χ1) is 21.2. The minimum Gasteiger partial charge on any atom is -0.383 e. The molecular weight excluding hydrogens is 623 g/mol. The number of sulfonamides is 1. The predicted octanol–water partition coefficient (Wildman–Crippen LogP) is 7.85. The van der Waals surface area contributed by atoms with Crippen LogP contribution in [0.15, 0.2) is 59.7 Å². The summed E-state index contributed by atoms with van der Waals surface area (Å²) >= 11 is 0. The van der Waals surface area contributed by atoms with Crippen LogP contribution in [0.2, 0.25) is 0 Å². The maximum atomic E-state index is 15.3. The van der Waals surface area contributed by atoms with Crippen LogP contribution in [0.25, 0.3) is 0 Å². The minimum absolute atomic E-state index is 0.0533. The fraction of sp³-hybridized carbons (Fsp3) is 0.657. The molecule has 1 aliphatic heterocycles. The first kappa shape index (κ1) is 36.8. The Morgan fingerprint density at radius 3 is 2.09 bits per heavy atom. The van der Waals surface area contributed by atoms with Gasteiger partial charge in [0.05, 0.1) is 6.26 Å². The molecule has 1 saturated heterocycles. The molecule has 46 heavy (non-hydrogen) atoms. The summed E-state index contributed by atoms with van der Waals surface area (Å²) in [6, 6.07) is 7.75. The molecule has 5 atom stereocenters. The van der Waals surface area contributed by atoms with E-state index in [-0.39, 0.29) is 18.8 Å². The zero-order valence-corrected chi connectivity index (χ0v) is 28.5. The molecule has 1 aromatic carbocycles. The number of hydrogen-bond acceptors (Lipinski definition) is 4. The Balaban J connectivity index is 1.76. The second-order valence-corrected chi connectivity index (χ2v) is 16.1. The van der Waals surface area contributed by atoms with Crippen LogP contribution >= 0.6 is 0 Å². The molecule has 4 rings (SSSR count). The van der Waals surface area contributed by atoms with Crippen LogP contribution in [0.4, 0.5) is 22.0 Å². The third-order valence-electron chi connectivity index (χ3n) is 11.0. The Morgan fingerprint density at radius 2 is 1.61 bits per heavy atom. The van der Waals surface area contributed by atoms with Crippen LogP contribution in [-0.4, -0.2) is 72.9 Å². The zero-order chi connectivity index (χ0) is 34.5. The molecule has 2 saturated carbocycles. The average Bonchev–Trinajstić information content (AvgIpc) is 3.23. The standard InChI is InChI=1S/C35H49F5N2O3S/c1-8-27-30-15-16-33(43,34(36,37)35(38,39)40)32(30,6)21-29(31(27)28(24(4)5)14-9-23(2)3)26-12-10-25(11-13-26)22-41-17-19-42(20-18-41)46(7,44)45/h10-13,27,29-30,43H,2,4,8-9,14-22H2,1,3,5-7H3/b31-28+/t27?,29-,30?,32?,33+/m1/s1. The van der Waals surface area contributed by atoms with Crippen LogP contribution in [0.5, 0.6) is 0 Å². The summed E-state index contributed by atoms with van der Waals surface area (Å²) in [5, 5.41) is 11.5. The Hall–Kier alpha value is -2.08. The highest BCUT2D eigenvalue weighted by molar-refractivity contribution is 7.88. The van der Waals surface area contributed by atoms with Gasteiger partial charge in [0.2, 0.25) is 10.0 Å². The molecule has 0 spiro atoms. The molecule has 3 aliphatic rings. The van der Waals surface area contributed by atoms with E-state index >= 15 is 8.78 Å². The number of piperazine rings is 1. The van der Waals surface area contributed by atoms with Crippen molar-refractivity contribution in [2.75, 3.05) is 32.4 Å². The van der Waals surface area contributed by atoms with Crippen molar-refractivity contribution in [2.24, 2.45) is 17.3 Å². The molecule has 0 radical (unpaired) electrons. The number of allylic oxidation sites excluding steroid dienone is 4. The minimum atomic E-state index is -5.88. The van der Waals surface area contributed by atoms with Crippen LogP contribution in [0, 0.1) is 17.3 Å². The normalized spacial score (nSPS) is 31.1. The zero-order valence-electron chi connectivity index (χ0n) is 27.7. The first-order valence-electron chi connectivity index (χ1n) is 16.1. The number of hydrogen-bond donors (Lipinski definition) is 1. The van der Waals surface area contributed by atoms with Gasteiger partial charge in [-0.3, -0.25) is 4.90 Å². The highest BCUT2D eigenvalue weighted by atomic mass is 32.2. The third kappa shape index (κ3) is 6.63. The molecule has 2 aliphatic carbocycles. The summed E-state index contributed by atoms with van der Waals surface area (Å²) in [4.78, 5) is 2.16. The second-order valence-electron chi connectivity index (χ2n) is 14.1. The van der Waals surface area contributed by atoms with E-state index in [4.69, 9.17) is 0 Å². The van der Waals surface area contributed by atoms with E-state index in [1.54, 1.807) is 0 Å². The summed E-state index contributed by atoms with van der Waals surface area (Å²) in [6.07, 6.45) is -3.43. The van der Waals surface area contributed by atoms with Gasteiger partial charge in [0.25, 0.3) is 0 Å². The summed E-state index contributed by atoms with van der Waals surface area (Å²) in [7, 11) is -3.25. The van der Waals surface area contributed by atoms with Crippen molar-refractivity contribution in [2.45, 2.75) is 96.4 Å². The van der Waals surface area contributed by atoms with Gasteiger partial charge in [0.15, 0.2) is 0 Å². The Labute approximate surface area is 271 Å². The van der Waals surface area contributed by atoms with Gasteiger partial charge in [-0.05, 0) is 80.9 Å². The first-order valence-corrected chi connectivity index (χ1v) is 18.0. The summed E-state index contributed by atoms with van der Waals surface area (Å²) < 4.78 is 97.5. The Kier molecular flexibility index (Phi) is 10.5. The highest BCUT2D eigenvalue weighted by Gasteiger charge is 2.79. The van der Waals surface area contributed by atoms with Gasteiger partial charge in [-0.1, -0.05) is 61.4 Å². The lowest BCUT2D eigenvalue weighted by atomic mass is 9.52. The third-order valence-corrected chi connectivity index (χ3v) is 12.3. The number of nitrogens with zero attached hydrogens (tertiary/aromatic N) is 2. The molecule has 1 aromatic rings. The smallest absolute Gasteiger partial charge is 0.383 e. The molecule has 0 bridgehead atoms. The van der Waals surface area contributed by atoms with Gasteiger partial charge in [0.1, 0.15) is 5.60 Å². The molecule has 0 aromatic heterocycles. The van der Waals surface area contributed by atoms with Crippen LogP contribution in [-0.2, 0) is 16.6 Å². The highest BCUT2D eigenvalue weighted by Crippen LogP contribution is 2.69. The topological polar surface area (TPSA) is 60.9 Å². The molecule has 1 heterocycles. The summed E-state index contributed by atoms with van der Waals surface area (Å²) in [6.45, 7) is 18.1. The van der Waals surface area contributed by atoms with Gasteiger partial charge in [-0.2, -0.15) is 26.3 Å². The number of halogens is 5. The van der Waals surface area contributed by atoms with E-state index in [1.807, 2.05) is 45.0 Å². The van der Waals surface area contributed by atoms with Crippen molar-refractivity contribution in [3.05, 3.63) is 70.8 Å². The maximum Gasteiger partial charge on any atom is 0.456 e. The SMILES string of the molecule is C=C(C)CC/C(C(=C)C)=C1/C(CC)C2CC[C@@](O)(C(F)(F)C(F)(F)F)C2(C)C[C@@H]1c1ccc(CN2CCN(S(C)(=O)=O)CC2)cc1. The van der Waals surface area contributed by atoms with Crippen molar-refractivity contribution < 1.29 is 35.5 Å². The summed E-state index contributed by atoms with van der Waals surface area (Å²) in [5.41, 5.74) is 0.696. The van der Waals surface area contributed by atoms with Crippen molar-refractivity contribution in [3.8, 4) is 0 Å². The predicted molar refractivity (Wildman–Crippen MR) is 172 cm³/mol. The van der Waals surface area contributed by atoms with Gasteiger partial charge in [-0.25, -0.2) is 8.42 Å². The van der Waals surface area contributed by atoms with Crippen molar-refractivity contribution in [1.82, 2.24) is 9.21 Å². The molecule has 3 fully saturated rings. The maximum absolute atomic E-state index is 15.3. The van der Waals surface area contributed by atoms with Crippen molar-refractivity contribution >= 4 is 10.0 Å². The van der Waals surface area contributed by atoms with Crippen molar-refractivity contribution in [3.63, 3.8) is 0 Å². The van der Waals surface area contributed by atoms with E-state index in [0.29, 0.717) is 52.0 Å². The van der Waals surface area contributed by atoms with E-state index < -0.39 is 51.4 Å². The molecular formula is C35H49F5N2O3S. The van der Waals surface area contributed by atoms with Crippen molar-refractivity contribution in [1.29, 1.82) is 0 Å². The van der Waals surface area contributed by atoms with E-state index in [9.17, 15) is 26.7 Å². The van der Waals surface area contributed by atoms with E-state index in [1.165, 1.54) is 17.5 Å². The number of fused-ring (bicyclic) bond motifs is 1. The van der Waals surface area contributed by atoms with Crippen LogP contribution < -0.4 is 0 Å². The Morgan fingerprint density at radius 1 is 1.02 bits per heavy atom. The lowest BCUT2D eigenvalue weighted by Crippen LogP contribution is -2.65. The molecule has 258 valence electrons. The van der Waals surface area contributed by atoms with Gasteiger partial charge in [-0.15, -0.1) is 6.58 Å². The number of aliphatic hydroxyl groups is 1. The van der Waals surface area contributed by atoms with Gasteiger partial charge < -0.3 is 5.11 Å². The second kappa shape index (κ2) is 13.1. The molecule has 5 nitrogen and oxygen atoms in total. The lowest BCUT2D eigenvalue weighted by molar-refractivity contribution is -0.362.